The Hall–Kier alpha value is -2.32. The molecular formula is C18H18BrN5OS. The second-order valence-corrected chi connectivity index (χ2v) is 7.88. The van der Waals surface area contributed by atoms with E-state index in [0.29, 0.717) is 11.0 Å². The number of nitrogen functional groups attached to an aromatic ring is 1. The molecule has 3 aromatic rings. The van der Waals surface area contributed by atoms with Crippen LogP contribution in [0.1, 0.15) is 12.5 Å². The molecule has 134 valence electrons. The highest BCUT2D eigenvalue weighted by molar-refractivity contribution is 9.10. The number of thioether (sulfide) groups is 1. The summed E-state index contributed by atoms with van der Waals surface area (Å²) < 4.78 is 2.28. The summed E-state index contributed by atoms with van der Waals surface area (Å²) in [5.74, 6) is 6.57. The summed E-state index contributed by atoms with van der Waals surface area (Å²) in [6, 6.07) is 15.3. The molecule has 0 radical (unpaired) electrons. The SMILES string of the molecule is Cc1ccccc1NC(=O)C(C)Sc1nnc(-c2ccccc2Br)n1N. The van der Waals surface area contributed by atoms with E-state index in [-0.39, 0.29) is 11.2 Å². The van der Waals surface area contributed by atoms with Gasteiger partial charge in [-0.25, -0.2) is 4.68 Å². The van der Waals surface area contributed by atoms with Crippen LogP contribution in [0.5, 0.6) is 0 Å². The molecule has 8 heteroatoms. The van der Waals surface area contributed by atoms with Gasteiger partial charge in [-0.05, 0) is 37.6 Å². The van der Waals surface area contributed by atoms with Gasteiger partial charge in [0.2, 0.25) is 11.1 Å². The van der Waals surface area contributed by atoms with Crippen LogP contribution in [-0.2, 0) is 4.79 Å². The molecule has 3 rings (SSSR count). The van der Waals surface area contributed by atoms with Gasteiger partial charge in [0.25, 0.3) is 0 Å². The number of halogens is 1. The normalized spacial score (nSPS) is 12.0. The van der Waals surface area contributed by atoms with Crippen LogP contribution >= 0.6 is 27.7 Å². The molecule has 0 fully saturated rings. The lowest BCUT2D eigenvalue weighted by Gasteiger charge is -2.13. The quantitative estimate of drug-likeness (QED) is 0.473. The number of benzene rings is 2. The van der Waals surface area contributed by atoms with Gasteiger partial charge in [-0.3, -0.25) is 4.79 Å². The number of anilines is 1. The molecule has 1 amide bonds. The van der Waals surface area contributed by atoms with Crippen LogP contribution in [0.25, 0.3) is 11.4 Å². The Morgan fingerprint density at radius 2 is 1.88 bits per heavy atom. The molecule has 3 N–H and O–H groups in total. The van der Waals surface area contributed by atoms with Gasteiger partial charge in [-0.2, -0.15) is 0 Å². The number of nitrogens with two attached hydrogens (primary N) is 1. The molecule has 2 aromatic carbocycles. The smallest absolute Gasteiger partial charge is 0.237 e. The van der Waals surface area contributed by atoms with Crippen molar-refractivity contribution in [2.75, 3.05) is 11.2 Å². The maximum absolute atomic E-state index is 12.5. The molecule has 1 atom stereocenters. The molecule has 6 nitrogen and oxygen atoms in total. The van der Waals surface area contributed by atoms with Gasteiger partial charge in [0.15, 0.2) is 5.82 Å². The molecular weight excluding hydrogens is 414 g/mol. The number of para-hydroxylation sites is 1. The minimum absolute atomic E-state index is 0.116. The van der Waals surface area contributed by atoms with Gasteiger partial charge in [0.1, 0.15) is 0 Å². The van der Waals surface area contributed by atoms with Crippen LogP contribution in [0.4, 0.5) is 5.69 Å². The van der Waals surface area contributed by atoms with E-state index in [9.17, 15) is 4.79 Å². The van der Waals surface area contributed by atoms with Crippen LogP contribution in [0.3, 0.4) is 0 Å². The fourth-order valence-electron chi connectivity index (χ4n) is 2.34. The van der Waals surface area contributed by atoms with E-state index in [1.54, 1.807) is 0 Å². The van der Waals surface area contributed by atoms with E-state index < -0.39 is 0 Å². The Kier molecular flexibility index (Phi) is 5.63. The second kappa shape index (κ2) is 7.92. The first-order valence-electron chi connectivity index (χ1n) is 7.96. The molecule has 0 spiro atoms. The number of carbonyl (C=O) groups excluding carboxylic acids is 1. The summed E-state index contributed by atoms with van der Waals surface area (Å²) in [5, 5.41) is 11.3. The molecule has 0 saturated heterocycles. The number of amides is 1. The Labute approximate surface area is 164 Å². The standard InChI is InChI=1S/C18H18BrN5OS/c1-11-7-3-6-10-15(11)21-17(25)12(2)26-18-23-22-16(24(18)20)13-8-4-5-9-14(13)19/h3-10,12H,20H2,1-2H3,(H,21,25). The lowest BCUT2D eigenvalue weighted by Crippen LogP contribution is -2.24. The van der Waals surface area contributed by atoms with Crippen LogP contribution in [-0.4, -0.2) is 26.0 Å². The van der Waals surface area contributed by atoms with Crippen LogP contribution < -0.4 is 11.2 Å². The van der Waals surface area contributed by atoms with Crippen molar-refractivity contribution in [1.29, 1.82) is 0 Å². The molecule has 0 aliphatic heterocycles. The van der Waals surface area contributed by atoms with E-state index in [1.807, 2.05) is 62.4 Å². The monoisotopic (exact) mass is 431 g/mol. The minimum Gasteiger partial charge on any atom is -0.335 e. The summed E-state index contributed by atoms with van der Waals surface area (Å²) in [5.41, 5.74) is 2.65. The zero-order chi connectivity index (χ0) is 18.7. The van der Waals surface area contributed by atoms with Crippen molar-refractivity contribution in [3.63, 3.8) is 0 Å². The van der Waals surface area contributed by atoms with Gasteiger partial charge in [0.05, 0.1) is 5.25 Å². The van der Waals surface area contributed by atoms with Gasteiger partial charge >= 0.3 is 0 Å². The van der Waals surface area contributed by atoms with Crippen LogP contribution in [0.2, 0.25) is 0 Å². The molecule has 1 unspecified atom stereocenters. The number of nitrogens with one attached hydrogen (secondary N) is 1. The van der Waals surface area contributed by atoms with Crippen LogP contribution in [0.15, 0.2) is 58.2 Å². The first-order valence-corrected chi connectivity index (χ1v) is 9.63. The zero-order valence-corrected chi connectivity index (χ0v) is 16.7. The number of hydrogen-bond acceptors (Lipinski definition) is 5. The van der Waals surface area contributed by atoms with Gasteiger partial charge in [0, 0.05) is 15.7 Å². The largest absolute Gasteiger partial charge is 0.335 e. The minimum atomic E-state index is -0.381. The van der Waals surface area contributed by atoms with E-state index in [1.165, 1.54) is 16.4 Å². The van der Waals surface area contributed by atoms with E-state index in [4.69, 9.17) is 5.84 Å². The highest BCUT2D eigenvalue weighted by Gasteiger charge is 2.21. The third kappa shape index (κ3) is 3.91. The van der Waals surface area contributed by atoms with E-state index >= 15 is 0 Å². The zero-order valence-electron chi connectivity index (χ0n) is 14.3. The number of carbonyl (C=O) groups is 1. The fraction of sp³-hybridized carbons (Fsp3) is 0.167. The number of nitrogens with zero attached hydrogens (tertiary/aromatic N) is 3. The lowest BCUT2D eigenvalue weighted by molar-refractivity contribution is -0.115. The van der Waals surface area contributed by atoms with Gasteiger partial charge < -0.3 is 11.2 Å². The average molecular weight is 432 g/mol. The first-order chi connectivity index (χ1) is 12.5. The summed E-state index contributed by atoms with van der Waals surface area (Å²) in [7, 11) is 0. The fourth-order valence-corrected chi connectivity index (χ4v) is 3.58. The van der Waals surface area contributed by atoms with Crippen LogP contribution in [0, 0.1) is 6.92 Å². The summed E-state index contributed by atoms with van der Waals surface area (Å²) in [6.45, 7) is 3.76. The lowest BCUT2D eigenvalue weighted by atomic mass is 10.2. The highest BCUT2D eigenvalue weighted by atomic mass is 79.9. The molecule has 0 saturated carbocycles. The molecule has 0 bridgehead atoms. The summed E-state index contributed by atoms with van der Waals surface area (Å²) in [6.07, 6.45) is 0. The van der Waals surface area contributed by atoms with Gasteiger partial charge in [-0.1, -0.05) is 58.0 Å². The molecule has 1 heterocycles. The van der Waals surface area contributed by atoms with Crippen molar-refractivity contribution < 1.29 is 4.79 Å². The van der Waals surface area contributed by atoms with E-state index in [2.05, 4.69) is 31.4 Å². The van der Waals surface area contributed by atoms with Crippen molar-refractivity contribution in [3.05, 3.63) is 58.6 Å². The number of rotatable bonds is 5. The number of hydrogen-bond donors (Lipinski definition) is 2. The Morgan fingerprint density at radius 3 is 2.62 bits per heavy atom. The molecule has 0 aliphatic rings. The van der Waals surface area contributed by atoms with E-state index in [0.717, 1.165) is 21.3 Å². The topological polar surface area (TPSA) is 85.8 Å². The summed E-state index contributed by atoms with van der Waals surface area (Å²) in [4.78, 5) is 12.5. The van der Waals surface area contributed by atoms with Gasteiger partial charge in [-0.15, -0.1) is 10.2 Å². The Balaban J connectivity index is 1.74. The molecule has 1 aromatic heterocycles. The molecule has 26 heavy (non-hydrogen) atoms. The third-order valence-electron chi connectivity index (χ3n) is 3.83. The van der Waals surface area contributed by atoms with Crippen molar-refractivity contribution >= 4 is 39.3 Å². The second-order valence-electron chi connectivity index (χ2n) is 5.72. The van der Waals surface area contributed by atoms with Crippen molar-refractivity contribution in [2.45, 2.75) is 24.3 Å². The number of aryl methyl sites for hydroxylation is 1. The van der Waals surface area contributed by atoms with Crippen molar-refractivity contribution in [1.82, 2.24) is 14.9 Å². The average Bonchev–Trinajstić information content (AvgIpc) is 2.98. The van der Waals surface area contributed by atoms with Crippen molar-refractivity contribution in [3.8, 4) is 11.4 Å². The first kappa shape index (κ1) is 18.5. The maximum Gasteiger partial charge on any atom is 0.237 e. The summed E-state index contributed by atoms with van der Waals surface area (Å²) >= 11 is 4.75. The molecule has 0 aliphatic carbocycles. The Morgan fingerprint density at radius 1 is 1.19 bits per heavy atom. The van der Waals surface area contributed by atoms with Crippen molar-refractivity contribution in [2.24, 2.45) is 0 Å². The predicted octanol–water partition coefficient (Wildman–Crippen LogP) is 3.85. The predicted molar refractivity (Wildman–Crippen MR) is 108 cm³/mol. The maximum atomic E-state index is 12.5. The third-order valence-corrected chi connectivity index (χ3v) is 5.58. The number of aromatic nitrogens is 3. The highest BCUT2D eigenvalue weighted by Crippen LogP contribution is 2.29. The Bertz CT molecular complexity index is 943.